The molecule has 5 N–H and O–H groups in total. The van der Waals surface area contributed by atoms with Gasteiger partial charge in [0, 0.05) is 11.8 Å². The molecule has 1 saturated heterocycles. The smallest absolute Gasteiger partial charge is 0.250 e. The first-order chi connectivity index (χ1) is 12.4. The molecule has 1 fully saturated rings. The minimum Gasteiger partial charge on any atom is -0.398 e. The largest absolute Gasteiger partial charge is 0.398 e. The van der Waals surface area contributed by atoms with Crippen LogP contribution in [0.4, 0.5) is 15.8 Å². The van der Waals surface area contributed by atoms with Crippen LogP contribution in [0.15, 0.2) is 41.4 Å². The third-order valence-electron chi connectivity index (χ3n) is 4.69. The van der Waals surface area contributed by atoms with E-state index in [9.17, 15) is 9.18 Å². The highest BCUT2D eigenvalue weighted by molar-refractivity contribution is 6.16. The van der Waals surface area contributed by atoms with Gasteiger partial charge in [0.15, 0.2) is 0 Å². The molecule has 26 heavy (non-hydrogen) atoms. The number of para-hydroxylation sites is 1. The van der Waals surface area contributed by atoms with Gasteiger partial charge in [-0.3, -0.25) is 9.79 Å². The number of nitrogens with one attached hydrogen (secondary N) is 1. The topological polar surface area (TPSA) is 93.5 Å². The van der Waals surface area contributed by atoms with Crippen LogP contribution < -0.4 is 16.8 Å². The summed E-state index contributed by atoms with van der Waals surface area (Å²) in [5.41, 5.74) is 13.0. The van der Waals surface area contributed by atoms with Crippen molar-refractivity contribution in [3.05, 3.63) is 58.9 Å². The highest BCUT2D eigenvalue weighted by Gasteiger charge is 2.28. The first-order valence-electron chi connectivity index (χ1n) is 8.43. The van der Waals surface area contributed by atoms with Crippen LogP contribution in [0.3, 0.4) is 0 Å². The van der Waals surface area contributed by atoms with Crippen molar-refractivity contribution in [1.82, 2.24) is 5.32 Å². The maximum Gasteiger partial charge on any atom is 0.250 e. The number of carbonyl (C=O) groups is 1. The second-order valence-corrected chi connectivity index (χ2v) is 6.53. The number of hydrogen-bond donors (Lipinski definition) is 3. The molecule has 5 nitrogen and oxygen atoms in total. The zero-order chi connectivity index (χ0) is 18.7. The van der Waals surface area contributed by atoms with Crippen molar-refractivity contribution in [2.75, 3.05) is 18.8 Å². The van der Waals surface area contributed by atoms with Crippen LogP contribution in [0, 0.1) is 5.82 Å². The zero-order valence-corrected chi connectivity index (χ0v) is 14.3. The molecule has 3 rings (SSSR count). The van der Waals surface area contributed by atoms with Crippen LogP contribution in [-0.4, -0.2) is 33.1 Å². The Morgan fingerprint density at radius 1 is 1.35 bits per heavy atom. The molecule has 0 bridgehead atoms. The number of halogens is 1. The van der Waals surface area contributed by atoms with Crippen molar-refractivity contribution in [2.24, 2.45) is 10.7 Å². The molecule has 0 spiro atoms. The number of aliphatic imine (C=N–C) groups is 1. The number of primary amides is 1. The monoisotopic (exact) mass is 350 g/mol. The van der Waals surface area contributed by atoms with Gasteiger partial charge in [0.05, 0.1) is 24.8 Å². The molecule has 1 unspecified atom stereocenters. The summed E-state index contributed by atoms with van der Waals surface area (Å²) in [6.45, 7) is 1.54. The molecule has 2 radical (unpaired) electrons. The lowest BCUT2D eigenvalue weighted by Gasteiger charge is -2.35. The first kappa shape index (κ1) is 18.1. The van der Waals surface area contributed by atoms with Crippen LogP contribution in [-0.2, 0) is 5.31 Å². The number of nitrogens with two attached hydrogens (primary N) is 2. The van der Waals surface area contributed by atoms with Gasteiger partial charge in [-0.2, -0.15) is 0 Å². The van der Waals surface area contributed by atoms with Crippen LogP contribution in [0.25, 0.3) is 0 Å². The van der Waals surface area contributed by atoms with Crippen molar-refractivity contribution >= 4 is 31.3 Å². The fourth-order valence-corrected chi connectivity index (χ4v) is 3.15. The summed E-state index contributed by atoms with van der Waals surface area (Å²) in [7, 11) is 6.40. The SMILES string of the molecule is [B]C1(c2ccc(N=Cc3cccc(C(N)=O)c3N)c(F)c2)CCCNC1. The van der Waals surface area contributed by atoms with Gasteiger partial charge in [-0.15, -0.1) is 0 Å². The second-order valence-electron chi connectivity index (χ2n) is 6.53. The van der Waals surface area contributed by atoms with Crippen molar-refractivity contribution in [2.45, 2.75) is 18.2 Å². The van der Waals surface area contributed by atoms with Crippen LogP contribution >= 0.6 is 0 Å². The van der Waals surface area contributed by atoms with E-state index in [2.05, 4.69) is 10.3 Å². The van der Waals surface area contributed by atoms with Crippen molar-refractivity contribution in [1.29, 1.82) is 0 Å². The first-order valence-corrected chi connectivity index (χ1v) is 8.43. The summed E-state index contributed by atoms with van der Waals surface area (Å²) >= 11 is 0. The Bertz CT molecular complexity index is 863. The third kappa shape index (κ3) is 3.62. The van der Waals surface area contributed by atoms with Gasteiger partial charge in [0.2, 0.25) is 0 Å². The molecule has 0 aliphatic carbocycles. The maximum absolute atomic E-state index is 14.5. The zero-order valence-electron chi connectivity index (χ0n) is 14.3. The predicted molar refractivity (Wildman–Crippen MR) is 103 cm³/mol. The van der Waals surface area contributed by atoms with Crippen molar-refractivity contribution < 1.29 is 9.18 Å². The van der Waals surface area contributed by atoms with E-state index in [1.54, 1.807) is 24.3 Å². The van der Waals surface area contributed by atoms with E-state index < -0.39 is 17.0 Å². The number of benzene rings is 2. The fraction of sp³-hybridized carbons (Fsp3) is 0.263. The number of nitrogen functional groups attached to an aromatic ring is 1. The summed E-state index contributed by atoms with van der Waals surface area (Å²) in [6.07, 6.45) is 3.17. The van der Waals surface area contributed by atoms with E-state index in [0.29, 0.717) is 12.1 Å². The van der Waals surface area contributed by atoms with Crippen molar-refractivity contribution in [3.8, 4) is 0 Å². The molecule has 1 amide bonds. The Kier molecular flexibility index (Phi) is 5.09. The van der Waals surface area contributed by atoms with E-state index in [1.165, 1.54) is 18.3 Å². The number of nitrogens with zero attached hydrogens (tertiary/aromatic N) is 1. The molecule has 1 aliphatic heterocycles. The minimum atomic E-state index is -0.623. The Labute approximate surface area is 153 Å². The molecule has 7 heteroatoms. The van der Waals surface area contributed by atoms with Gasteiger partial charge in [0.1, 0.15) is 5.82 Å². The van der Waals surface area contributed by atoms with E-state index in [0.717, 1.165) is 24.9 Å². The Hall–Kier alpha value is -2.67. The summed E-state index contributed by atoms with van der Waals surface area (Å²) in [5, 5.41) is 2.68. The van der Waals surface area contributed by atoms with Gasteiger partial charge in [-0.1, -0.05) is 18.2 Å². The Balaban J connectivity index is 1.86. The molecular formula is C19H20BFN4O. The normalized spacial score (nSPS) is 20.3. The molecule has 132 valence electrons. The third-order valence-corrected chi connectivity index (χ3v) is 4.69. The number of piperidine rings is 1. The molecule has 1 atom stereocenters. The van der Waals surface area contributed by atoms with Gasteiger partial charge in [0.25, 0.3) is 5.91 Å². The van der Waals surface area contributed by atoms with Crippen LogP contribution in [0.1, 0.15) is 34.3 Å². The van der Waals surface area contributed by atoms with Crippen molar-refractivity contribution in [3.63, 3.8) is 0 Å². The molecule has 0 saturated carbocycles. The van der Waals surface area contributed by atoms with Crippen LogP contribution in [0.5, 0.6) is 0 Å². The molecule has 2 aromatic carbocycles. The Morgan fingerprint density at radius 3 is 2.81 bits per heavy atom. The van der Waals surface area contributed by atoms with Gasteiger partial charge >= 0.3 is 0 Å². The maximum atomic E-state index is 14.5. The second kappa shape index (κ2) is 7.29. The summed E-state index contributed by atoms with van der Waals surface area (Å²) in [6, 6.07) is 9.68. The Morgan fingerprint density at radius 2 is 2.15 bits per heavy atom. The highest BCUT2D eigenvalue weighted by atomic mass is 19.1. The molecule has 0 aromatic heterocycles. The molecular weight excluding hydrogens is 330 g/mol. The number of rotatable bonds is 4. The van der Waals surface area contributed by atoms with E-state index in [-0.39, 0.29) is 16.9 Å². The summed E-state index contributed by atoms with van der Waals surface area (Å²) in [5.74, 6) is -1.08. The lowest BCUT2D eigenvalue weighted by Crippen LogP contribution is -2.43. The highest BCUT2D eigenvalue weighted by Crippen LogP contribution is 2.31. The minimum absolute atomic E-state index is 0.171. The lowest BCUT2D eigenvalue weighted by atomic mass is 9.60. The van der Waals surface area contributed by atoms with Gasteiger partial charge in [-0.25, -0.2) is 4.39 Å². The lowest BCUT2D eigenvalue weighted by molar-refractivity contribution is 0.100. The number of carbonyl (C=O) groups excluding carboxylic acids is 1. The van der Waals surface area contributed by atoms with Gasteiger partial charge in [-0.05, 0) is 55.0 Å². The standard InChI is InChI=1S/C19H20BFN4O/c20-19(7-2-8-24-11-19)13-5-6-16(15(21)9-13)25-10-12-3-1-4-14(17(12)22)18(23)26/h1,3-6,9-10,24H,2,7-8,11,22H2,(H2,23,26). The van der Waals surface area contributed by atoms with E-state index in [4.69, 9.17) is 19.3 Å². The van der Waals surface area contributed by atoms with E-state index >= 15 is 0 Å². The summed E-state index contributed by atoms with van der Waals surface area (Å²) < 4.78 is 14.5. The summed E-state index contributed by atoms with van der Waals surface area (Å²) in [4.78, 5) is 15.5. The number of amides is 1. The fourth-order valence-electron chi connectivity index (χ4n) is 3.15. The number of hydrogen-bond acceptors (Lipinski definition) is 4. The predicted octanol–water partition coefficient (Wildman–Crippen LogP) is 2.00. The quantitative estimate of drug-likeness (QED) is 0.447. The van der Waals surface area contributed by atoms with Gasteiger partial charge < -0.3 is 16.8 Å². The van der Waals surface area contributed by atoms with Crippen LogP contribution in [0.2, 0.25) is 0 Å². The molecule has 2 aromatic rings. The molecule has 1 aliphatic rings. The molecule has 1 heterocycles. The average molecular weight is 350 g/mol. The number of anilines is 1. The van der Waals surface area contributed by atoms with E-state index in [1.807, 2.05) is 0 Å². The average Bonchev–Trinajstić information content (AvgIpc) is 2.62.